The van der Waals surface area contributed by atoms with Crippen molar-refractivity contribution >= 4 is 43.7 Å². The summed E-state index contributed by atoms with van der Waals surface area (Å²) in [5.74, 6) is 0.220. The first-order valence-electron chi connectivity index (χ1n) is 11.7. The normalized spacial score (nSPS) is 15.6. The van der Waals surface area contributed by atoms with E-state index in [0.717, 1.165) is 10.0 Å². The standard InChI is InChI=1S/C27H28BrN3O5S2/c1-27(2,18-25(32)33)37-26-30(19-20-6-4-3-5-7-20)16-17-31(26)29-38(34,35)24-14-12-23(13-15-24)36-22-10-8-21(28)9-11-22/h3-17,26,29H,18-19H2,1-2H3,(H,32,33). The molecule has 8 nitrogen and oxygen atoms in total. The third-order valence-corrected chi connectivity index (χ3v) is 8.92. The molecule has 1 heterocycles. The van der Waals surface area contributed by atoms with Gasteiger partial charge < -0.3 is 14.7 Å². The van der Waals surface area contributed by atoms with Gasteiger partial charge in [-0.15, -0.1) is 16.6 Å². The number of sulfonamides is 1. The molecule has 0 aliphatic carbocycles. The third-order valence-electron chi connectivity index (χ3n) is 5.56. The van der Waals surface area contributed by atoms with Crippen LogP contribution in [-0.2, 0) is 21.4 Å². The van der Waals surface area contributed by atoms with Crippen molar-refractivity contribution in [3.05, 3.63) is 101 Å². The highest BCUT2D eigenvalue weighted by Gasteiger charge is 2.36. The number of nitrogens with one attached hydrogen (secondary N) is 1. The van der Waals surface area contributed by atoms with Crippen molar-refractivity contribution in [2.75, 3.05) is 0 Å². The molecule has 38 heavy (non-hydrogen) atoms. The lowest BCUT2D eigenvalue weighted by Gasteiger charge is -2.36. The molecule has 1 aliphatic rings. The van der Waals surface area contributed by atoms with Crippen LogP contribution in [0.25, 0.3) is 0 Å². The number of carboxylic acids is 1. The summed E-state index contributed by atoms with van der Waals surface area (Å²) in [6.07, 6.45) is 3.38. The second kappa shape index (κ2) is 11.8. The summed E-state index contributed by atoms with van der Waals surface area (Å²) in [7, 11) is -3.94. The Morgan fingerprint density at radius 3 is 2.21 bits per heavy atom. The molecule has 1 aliphatic heterocycles. The molecule has 11 heteroatoms. The lowest BCUT2D eigenvalue weighted by molar-refractivity contribution is -0.137. The molecule has 0 saturated heterocycles. The average Bonchev–Trinajstić information content (AvgIpc) is 3.20. The van der Waals surface area contributed by atoms with Crippen LogP contribution in [0.1, 0.15) is 25.8 Å². The summed E-state index contributed by atoms with van der Waals surface area (Å²) in [6, 6.07) is 23.3. The minimum Gasteiger partial charge on any atom is -0.481 e. The number of ether oxygens (including phenoxy) is 1. The van der Waals surface area contributed by atoms with Gasteiger partial charge in [0.2, 0.25) is 0 Å². The largest absolute Gasteiger partial charge is 0.481 e. The Morgan fingerprint density at radius 2 is 1.61 bits per heavy atom. The van der Waals surface area contributed by atoms with E-state index in [1.165, 1.54) is 28.9 Å². The van der Waals surface area contributed by atoms with Gasteiger partial charge in [0.15, 0.2) is 5.50 Å². The van der Waals surface area contributed by atoms with E-state index in [1.54, 1.807) is 36.7 Å². The van der Waals surface area contributed by atoms with Gasteiger partial charge in [-0.2, -0.15) is 0 Å². The zero-order valence-corrected chi connectivity index (χ0v) is 24.0. The number of hydrogen-bond donors (Lipinski definition) is 2. The van der Waals surface area contributed by atoms with Crippen molar-refractivity contribution in [2.45, 2.75) is 42.0 Å². The maximum atomic E-state index is 13.3. The summed E-state index contributed by atoms with van der Waals surface area (Å²) in [6.45, 7) is 4.20. The Hall–Kier alpha value is -2.99. The predicted octanol–water partition coefficient (Wildman–Crippen LogP) is 5.99. The van der Waals surface area contributed by atoms with Gasteiger partial charge in [-0.25, -0.2) is 8.42 Å². The Kier molecular flexibility index (Phi) is 8.71. The van der Waals surface area contributed by atoms with Gasteiger partial charge in [0.1, 0.15) is 11.5 Å². The summed E-state index contributed by atoms with van der Waals surface area (Å²) in [4.78, 5) is 16.1. The lowest BCUT2D eigenvalue weighted by Crippen LogP contribution is -2.48. The summed E-state index contributed by atoms with van der Waals surface area (Å²) in [5.41, 5.74) is 0.546. The predicted molar refractivity (Wildman–Crippen MR) is 152 cm³/mol. The van der Waals surface area contributed by atoms with Gasteiger partial charge in [-0.1, -0.05) is 46.3 Å². The summed E-state index contributed by atoms with van der Waals surface area (Å²) < 4.78 is 32.7. The molecule has 1 atom stereocenters. The minimum absolute atomic E-state index is 0.0733. The number of rotatable bonds is 11. The fourth-order valence-electron chi connectivity index (χ4n) is 3.80. The molecule has 3 aromatic carbocycles. The van der Waals surface area contributed by atoms with Gasteiger partial charge in [0.25, 0.3) is 10.0 Å². The van der Waals surface area contributed by atoms with Crippen molar-refractivity contribution in [2.24, 2.45) is 0 Å². The Labute approximate surface area is 235 Å². The number of carboxylic acid groups (broad SMARTS) is 1. The fraction of sp³-hybridized carbons (Fsp3) is 0.222. The van der Waals surface area contributed by atoms with Crippen LogP contribution in [0.5, 0.6) is 11.5 Å². The smallest absolute Gasteiger partial charge is 0.304 e. The van der Waals surface area contributed by atoms with Crippen LogP contribution < -0.4 is 9.57 Å². The van der Waals surface area contributed by atoms with Crippen LogP contribution in [0.4, 0.5) is 0 Å². The van der Waals surface area contributed by atoms with Crippen LogP contribution in [0.3, 0.4) is 0 Å². The molecule has 0 saturated carbocycles. The molecule has 2 N–H and O–H groups in total. The van der Waals surface area contributed by atoms with Gasteiger partial charge in [0, 0.05) is 28.2 Å². The Morgan fingerprint density at radius 1 is 1.00 bits per heavy atom. The number of carbonyl (C=O) groups is 1. The molecule has 1 unspecified atom stereocenters. The maximum Gasteiger partial charge on any atom is 0.304 e. The van der Waals surface area contributed by atoms with E-state index in [1.807, 2.05) is 61.2 Å². The van der Waals surface area contributed by atoms with Gasteiger partial charge in [-0.05, 0) is 67.9 Å². The second-order valence-electron chi connectivity index (χ2n) is 9.26. The van der Waals surface area contributed by atoms with E-state index in [-0.39, 0.29) is 11.3 Å². The number of thioether (sulfide) groups is 1. The van der Waals surface area contributed by atoms with Gasteiger partial charge in [0.05, 0.1) is 11.3 Å². The quantitative estimate of drug-likeness (QED) is 0.270. The average molecular weight is 619 g/mol. The second-order valence-corrected chi connectivity index (χ2v) is 13.6. The molecule has 0 fully saturated rings. The zero-order valence-electron chi connectivity index (χ0n) is 20.8. The number of aliphatic carboxylic acids is 1. The van der Waals surface area contributed by atoms with E-state index < -0.39 is 26.2 Å². The Bertz CT molecular complexity index is 1380. The van der Waals surface area contributed by atoms with Crippen LogP contribution in [-0.4, -0.2) is 39.6 Å². The maximum absolute atomic E-state index is 13.3. The molecule has 3 aromatic rings. The van der Waals surface area contributed by atoms with Crippen LogP contribution in [0, 0.1) is 0 Å². The molecule has 0 spiro atoms. The zero-order chi connectivity index (χ0) is 27.3. The number of benzene rings is 3. The molecule has 0 amide bonds. The van der Waals surface area contributed by atoms with Crippen LogP contribution in [0.2, 0.25) is 0 Å². The van der Waals surface area contributed by atoms with Crippen molar-refractivity contribution in [3.8, 4) is 11.5 Å². The van der Waals surface area contributed by atoms with E-state index in [9.17, 15) is 18.3 Å². The van der Waals surface area contributed by atoms with Crippen molar-refractivity contribution in [1.82, 2.24) is 14.7 Å². The van der Waals surface area contributed by atoms with E-state index >= 15 is 0 Å². The van der Waals surface area contributed by atoms with Crippen LogP contribution >= 0.6 is 27.7 Å². The minimum atomic E-state index is -3.94. The molecule has 0 radical (unpaired) electrons. The molecule has 0 aromatic heterocycles. The number of hydrazine groups is 1. The van der Waals surface area contributed by atoms with E-state index in [0.29, 0.717) is 18.0 Å². The van der Waals surface area contributed by atoms with Crippen LogP contribution in [0.15, 0.2) is 101 Å². The molecule has 4 rings (SSSR count). The lowest BCUT2D eigenvalue weighted by atomic mass is 10.1. The van der Waals surface area contributed by atoms with Crippen molar-refractivity contribution in [1.29, 1.82) is 0 Å². The first-order valence-corrected chi connectivity index (χ1v) is 14.9. The third kappa shape index (κ3) is 7.53. The highest BCUT2D eigenvalue weighted by Crippen LogP contribution is 2.38. The SMILES string of the molecule is CC(C)(CC(=O)O)SC1N(Cc2ccccc2)C=CN1NS(=O)(=O)c1ccc(Oc2ccc(Br)cc2)cc1. The van der Waals surface area contributed by atoms with E-state index in [4.69, 9.17) is 4.74 Å². The monoisotopic (exact) mass is 617 g/mol. The summed E-state index contributed by atoms with van der Waals surface area (Å²) >= 11 is 4.75. The highest BCUT2D eigenvalue weighted by atomic mass is 79.9. The first-order chi connectivity index (χ1) is 18.0. The summed E-state index contributed by atoms with van der Waals surface area (Å²) in [5, 5.41) is 10.9. The van der Waals surface area contributed by atoms with Crippen molar-refractivity contribution < 1.29 is 23.1 Å². The van der Waals surface area contributed by atoms with Gasteiger partial charge in [-0.3, -0.25) is 9.80 Å². The fourth-order valence-corrected chi connectivity index (χ4v) is 6.46. The molecular weight excluding hydrogens is 590 g/mol. The van der Waals surface area contributed by atoms with E-state index in [2.05, 4.69) is 20.8 Å². The number of halogens is 1. The van der Waals surface area contributed by atoms with Crippen molar-refractivity contribution in [3.63, 3.8) is 0 Å². The molecular formula is C27H28BrN3O5S2. The number of hydrogen-bond acceptors (Lipinski definition) is 7. The first kappa shape index (κ1) is 28.0. The van der Waals surface area contributed by atoms with Gasteiger partial charge >= 0.3 is 5.97 Å². The highest BCUT2D eigenvalue weighted by molar-refractivity contribution is 9.10. The topological polar surface area (TPSA) is 99.2 Å². The molecule has 0 bridgehead atoms. The number of nitrogens with zero attached hydrogens (tertiary/aromatic N) is 2. The Balaban J connectivity index is 1.50. The molecule has 200 valence electrons.